The van der Waals surface area contributed by atoms with Gasteiger partial charge in [0.05, 0.1) is 5.75 Å². The number of imidazole rings is 1. The van der Waals surface area contributed by atoms with Gasteiger partial charge in [-0.2, -0.15) is 0 Å². The van der Waals surface area contributed by atoms with Crippen LogP contribution in [-0.2, 0) is 4.79 Å². The van der Waals surface area contributed by atoms with Gasteiger partial charge in [-0.05, 0) is 34.8 Å². The minimum atomic E-state index is -0.840. The molecule has 5 nitrogen and oxygen atoms in total. The van der Waals surface area contributed by atoms with Crippen LogP contribution in [0.5, 0.6) is 0 Å². The zero-order chi connectivity index (χ0) is 14.1. The lowest BCUT2D eigenvalue weighted by Crippen LogP contribution is -2.08. The van der Waals surface area contributed by atoms with Crippen molar-refractivity contribution in [2.24, 2.45) is 0 Å². The van der Waals surface area contributed by atoms with E-state index in [2.05, 4.69) is 42.6 Å². The van der Waals surface area contributed by atoms with Gasteiger partial charge in [-0.1, -0.05) is 23.9 Å². The van der Waals surface area contributed by atoms with E-state index in [1.165, 1.54) is 11.8 Å². The summed E-state index contributed by atoms with van der Waals surface area (Å²) in [4.78, 5) is 19.8. The third-order valence-electron chi connectivity index (χ3n) is 3.14. The number of hydrogen-bond acceptors (Lipinski definition) is 4. The average molecular weight is 354 g/mol. The largest absolute Gasteiger partial charge is 0.481 e. The van der Waals surface area contributed by atoms with E-state index in [0.717, 1.165) is 33.6 Å². The molecule has 0 fully saturated rings. The number of hydrogen-bond donors (Lipinski definition) is 1. The van der Waals surface area contributed by atoms with Gasteiger partial charge in [0, 0.05) is 16.7 Å². The molecular formula is C13H12BrN3O2S. The Morgan fingerprint density at radius 3 is 2.95 bits per heavy atom. The molecule has 0 aromatic carbocycles. The van der Waals surface area contributed by atoms with Gasteiger partial charge in [0.15, 0.2) is 10.8 Å². The van der Waals surface area contributed by atoms with Crippen LogP contribution in [0.1, 0.15) is 18.9 Å². The summed E-state index contributed by atoms with van der Waals surface area (Å²) >= 11 is 4.63. The van der Waals surface area contributed by atoms with Crippen molar-refractivity contribution in [1.29, 1.82) is 0 Å². The highest BCUT2D eigenvalue weighted by atomic mass is 79.9. The summed E-state index contributed by atoms with van der Waals surface area (Å²) in [5.74, 6) is -0.836. The number of rotatable bonds is 4. The Labute approximate surface area is 128 Å². The first-order valence-corrected chi connectivity index (χ1v) is 7.96. The molecule has 0 amide bonds. The molecule has 2 aromatic heterocycles. The molecule has 1 N–H and O–H groups in total. The first-order valence-electron chi connectivity index (χ1n) is 6.18. The Morgan fingerprint density at radius 1 is 1.50 bits per heavy atom. The second-order valence-electron chi connectivity index (χ2n) is 4.54. The number of allylic oxidation sites excluding steroid dienone is 2. The smallest absolute Gasteiger partial charge is 0.313 e. The molecule has 0 unspecified atom stereocenters. The zero-order valence-electron chi connectivity index (χ0n) is 10.5. The molecule has 20 heavy (non-hydrogen) atoms. The second-order valence-corrected chi connectivity index (χ2v) is 6.40. The quantitative estimate of drug-likeness (QED) is 0.674. The van der Waals surface area contributed by atoms with E-state index in [0.29, 0.717) is 0 Å². The molecule has 1 aliphatic carbocycles. The number of halogens is 1. The summed E-state index contributed by atoms with van der Waals surface area (Å²) in [5, 5.41) is 9.58. The number of aromatic nitrogens is 3. The maximum Gasteiger partial charge on any atom is 0.313 e. The van der Waals surface area contributed by atoms with Crippen LogP contribution in [0.4, 0.5) is 0 Å². The molecule has 1 aliphatic rings. The Morgan fingerprint density at radius 2 is 2.25 bits per heavy atom. The number of carbonyl (C=O) groups is 1. The van der Waals surface area contributed by atoms with E-state index in [9.17, 15) is 4.79 Å². The van der Waals surface area contributed by atoms with Crippen LogP contribution in [0.15, 0.2) is 34.0 Å². The molecule has 0 aliphatic heterocycles. The Kier molecular flexibility index (Phi) is 3.80. The molecule has 0 bridgehead atoms. The molecule has 104 valence electrons. The first kappa shape index (κ1) is 13.6. The third kappa shape index (κ3) is 2.60. The van der Waals surface area contributed by atoms with Crippen molar-refractivity contribution >= 4 is 44.8 Å². The van der Waals surface area contributed by atoms with E-state index in [-0.39, 0.29) is 11.8 Å². The highest BCUT2D eigenvalue weighted by molar-refractivity contribution is 9.10. The predicted octanol–water partition coefficient (Wildman–Crippen LogP) is 3.26. The van der Waals surface area contributed by atoms with Crippen LogP contribution in [0.3, 0.4) is 0 Å². The number of nitrogens with zero attached hydrogens (tertiary/aromatic N) is 3. The minimum absolute atomic E-state index is 0.00460. The molecule has 0 atom stereocenters. The van der Waals surface area contributed by atoms with Crippen LogP contribution in [0.25, 0.3) is 11.2 Å². The van der Waals surface area contributed by atoms with Crippen LogP contribution in [-0.4, -0.2) is 31.4 Å². The highest BCUT2D eigenvalue weighted by Crippen LogP contribution is 2.33. The van der Waals surface area contributed by atoms with Gasteiger partial charge in [0.2, 0.25) is 0 Å². The molecule has 7 heteroatoms. The van der Waals surface area contributed by atoms with Crippen molar-refractivity contribution in [2.75, 3.05) is 5.75 Å². The van der Waals surface area contributed by atoms with Crippen molar-refractivity contribution in [3.63, 3.8) is 0 Å². The molecule has 0 saturated carbocycles. The normalized spacial score (nSPS) is 15.2. The predicted molar refractivity (Wildman–Crippen MR) is 81.0 cm³/mol. The molecule has 3 rings (SSSR count). The average Bonchev–Trinajstić information content (AvgIpc) is 3.01. The van der Waals surface area contributed by atoms with Gasteiger partial charge in [-0.15, -0.1) is 0 Å². The number of thioether (sulfide) groups is 1. The van der Waals surface area contributed by atoms with E-state index in [1.54, 1.807) is 6.20 Å². The molecule has 0 saturated heterocycles. The SMILES string of the molecule is O=C(O)CSc1nc2cc(Br)cnc2n1C1CC=CC1. The topological polar surface area (TPSA) is 68.0 Å². The lowest BCUT2D eigenvalue weighted by atomic mass is 10.2. The minimum Gasteiger partial charge on any atom is -0.481 e. The zero-order valence-corrected chi connectivity index (χ0v) is 12.9. The van der Waals surface area contributed by atoms with Gasteiger partial charge >= 0.3 is 5.97 Å². The Balaban J connectivity index is 2.06. The van der Waals surface area contributed by atoms with E-state index in [1.807, 2.05) is 6.07 Å². The van der Waals surface area contributed by atoms with Gasteiger partial charge in [-0.25, -0.2) is 9.97 Å². The van der Waals surface area contributed by atoms with Crippen molar-refractivity contribution in [1.82, 2.24) is 14.5 Å². The van der Waals surface area contributed by atoms with Gasteiger partial charge in [-0.3, -0.25) is 9.36 Å². The fourth-order valence-corrected chi connectivity index (χ4v) is 3.42. The third-order valence-corrected chi connectivity index (χ3v) is 4.51. The van der Waals surface area contributed by atoms with Crippen molar-refractivity contribution in [3.8, 4) is 0 Å². The number of carboxylic acid groups (broad SMARTS) is 1. The van der Waals surface area contributed by atoms with Crippen molar-refractivity contribution < 1.29 is 9.90 Å². The monoisotopic (exact) mass is 353 g/mol. The summed E-state index contributed by atoms with van der Waals surface area (Å²) in [5.41, 5.74) is 1.61. The highest BCUT2D eigenvalue weighted by Gasteiger charge is 2.21. The summed E-state index contributed by atoms with van der Waals surface area (Å²) in [7, 11) is 0. The summed E-state index contributed by atoms with van der Waals surface area (Å²) < 4.78 is 2.93. The van der Waals surface area contributed by atoms with Gasteiger partial charge in [0.25, 0.3) is 0 Å². The maximum absolute atomic E-state index is 10.8. The Hall–Kier alpha value is -1.34. The molecule has 2 aromatic rings. The number of carboxylic acids is 1. The standard InChI is InChI=1S/C13H12BrN3O2S/c14-8-5-10-12(15-6-8)17(9-3-1-2-4-9)13(16-10)20-7-11(18)19/h1-2,5-6,9H,3-4,7H2,(H,18,19). The lowest BCUT2D eigenvalue weighted by molar-refractivity contribution is -0.133. The van der Waals surface area contributed by atoms with Crippen molar-refractivity contribution in [2.45, 2.75) is 24.0 Å². The second kappa shape index (κ2) is 5.57. The summed E-state index contributed by atoms with van der Waals surface area (Å²) in [6.45, 7) is 0. The fourth-order valence-electron chi connectivity index (χ4n) is 2.31. The summed E-state index contributed by atoms with van der Waals surface area (Å²) in [6.07, 6.45) is 7.89. The van der Waals surface area contributed by atoms with Crippen molar-refractivity contribution in [3.05, 3.63) is 28.9 Å². The molecular weight excluding hydrogens is 342 g/mol. The van der Waals surface area contributed by atoms with Gasteiger partial charge < -0.3 is 5.11 Å². The number of pyridine rings is 1. The maximum atomic E-state index is 10.8. The first-order chi connectivity index (χ1) is 9.65. The van der Waals surface area contributed by atoms with Gasteiger partial charge in [0.1, 0.15) is 5.52 Å². The molecule has 0 spiro atoms. The Bertz CT molecular complexity index is 690. The summed E-state index contributed by atoms with van der Waals surface area (Å²) in [6, 6.07) is 2.19. The fraction of sp³-hybridized carbons (Fsp3) is 0.308. The van der Waals surface area contributed by atoms with E-state index in [4.69, 9.17) is 5.11 Å². The van der Waals surface area contributed by atoms with Crippen LogP contribution >= 0.6 is 27.7 Å². The van der Waals surface area contributed by atoms with Crippen LogP contribution in [0.2, 0.25) is 0 Å². The van der Waals surface area contributed by atoms with E-state index >= 15 is 0 Å². The number of aliphatic carboxylic acids is 1. The number of fused-ring (bicyclic) bond motifs is 1. The molecule has 2 heterocycles. The molecule has 0 radical (unpaired) electrons. The van der Waals surface area contributed by atoms with Crippen LogP contribution in [0, 0.1) is 0 Å². The lowest BCUT2D eigenvalue weighted by Gasteiger charge is -2.14. The van der Waals surface area contributed by atoms with E-state index < -0.39 is 5.97 Å². The van der Waals surface area contributed by atoms with Crippen LogP contribution < -0.4 is 0 Å².